The lowest BCUT2D eigenvalue weighted by molar-refractivity contribution is -0.188. The van der Waals surface area contributed by atoms with Gasteiger partial charge in [0.05, 0.1) is 0 Å². The third kappa shape index (κ3) is 1.60. The van der Waals surface area contributed by atoms with Gasteiger partial charge in [-0.25, -0.2) is 4.79 Å². The quantitative estimate of drug-likeness (QED) is 0.410. The lowest BCUT2D eigenvalue weighted by atomic mass is 10.1. The van der Waals surface area contributed by atoms with Crippen LogP contribution in [0.3, 0.4) is 0 Å². The maximum atomic E-state index is 10.6. The Labute approximate surface area is 59.3 Å². The van der Waals surface area contributed by atoms with E-state index in [1.807, 2.05) is 0 Å². The van der Waals surface area contributed by atoms with Crippen molar-refractivity contribution in [3.8, 4) is 0 Å². The molecule has 1 rings (SSSR count). The second kappa shape index (κ2) is 3.41. The summed E-state index contributed by atoms with van der Waals surface area (Å²) in [5, 5.41) is 8.00. The molecule has 1 fully saturated rings. The molecule has 1 heterocycles. The van der Waals surface area contributed by atoms with Crippen LogP contribution in [0.15, 0.2) is 0 Å². The third-order valence-electron chi connectivity index (χ3n) is 1.69. The monoisotopic (exact) mass is 145 g/mol. The van der Waals surface area contributed by atoms with Crippen LogP contribution < -0.4 is 0 Å². The Bertz CT molecular complexity index is 120. The fraction of sp³-hybridized carbons (Fsp3) is 0.833. The van der Waals surface area contributed by atoms with Crippen LogP contribution in [0.4, 0.5) is 4.79 Å². The molecule has 0 saturated carbocycles. The summed E-state index contributed by atoms with van der Waals surface area (Å²) in [6, 6.07) is 0. The molecule has 0 aliphatic carbocycles. The highest BCUT2D eigenvalue weighted by atomic mass is 17.1. The van der Waals surface area contributed by atoms with Crippen LogP contribution in [0, 0.1) is 0 Å². The first-order valence-corrected chi connectivity index (χ1v) is 3.45. The Morgan fingerprint density at radius 3 is 2.40 bits per heavy atom. The van der Waals surface area contributed by atoms with Crippen molar-refractivity contribution in [2.24, 2.45) is 0 Å². The van der Waals surface area contributed by atoms with Gasteiger partial charge in [-0.2, -0.15) is 5.26 Å². The number of rotatable bonds is 0. The van der Waals surface area contributed by atoms with Crippen molar-refractivity contribution in [2.75, 3.05) is 13.1 Å². The number of likely N-dealkylation sites (tertiary alicyclic amines) is 1. The minimum atomic E-state index is -0.625. The van der Waals surface area contributed by atoms with Crippen molar-refractivity contribution in [1.29, 1.82) is 0 Å². The van der Waals surface area contributed by atoms with Gasteiger partial charge in [0.1, 0.15) is 0 Å². The van der Waals surface area contributed by atoms with E-state index in [0.29, 0.717) is 13.1 Å². The van der Waals surface area contributed by atoms with E-state index in [9.17, 15) is 4.79 Å². The van der Waals surface area contributed by atoms with Crippen LogP contribution in [0.2, 0.25) is 0 Å². The van der Waals surface area contributed by atoms with Gasteiger partial charge in [-0.05, 0) is 19.3 Å². The summed E-state index contributed by atoms with van der Waals surface area (Å²) >= 11 is 0. The van der Waals surface area contributed by atoms with E-state index in [2.05, 4.69) is 4.89 Å². The van der Waals surface area contributed by atoms with Crippen LogP contribution in [-0.2, 0) is 4.89 Å². The molecule has 0 aromatic rings. The lowest BCUT2D eigenvalue weighted by Gasteiger charge is -2.23. The van der Waals surface area contributed by atoms with Crippen LogP contribution in [0.5, 0.6) is 0 Å². The molecule has 1 aliphatic rings. The second-order valence-electron chi connectivity index (χ2n) is 2.40. The number of amides is 1. The first-order valence-electron chi connectivity index (χ1n) is 3.45. The minimum absolute atomic E-state index is 0.625. The Balaban J connectivity index is 2.31. The van der Waals surface area contributed by atoms with Crippen molar-refractivity contribution < 1.29 is 14.9 Å². The zero-order chi connectivity index (χ0) is 7.40. The summed E-state index contributed by atoms with van der Waals surface area (Å²) in [6.45, 7) is 1.42. The van der Waals surface area contributed by atoms with Gasteiger partial charge in [0.15, 0.2) is 0 Å². The van der Waals surface area contributed by atoms with Crippen molar-refractivity contribution in [1.82, 2.24) is 4.90 Å². The summed E-state index contributed by atoms with van der Waals surface area (Å²) in [6.07, 6.45) is 2.55. The van der Waals surface area contributed by atoms with Crippen LogP contribution >= 0.6 is 0 Å². The maximum Gasteiger partial charge on any atom is 0.441 e. The zero-order valence-electron chi connectivity index (χ0n) is 5.75. The summed E-state index contributed by atoms with van der Waals surface area (Å²) in [7, 11) is 0. The molecule has 1 saturated heterocycles. The van der Waals surface area contributed by atoms with Crippen LogP contribution in [0.25, 0.3) is 0 Å². The molecule has 4 heteroatoms. The highest BCUT2D eigenvalue weighted by Crippen LogP contribution is 2.08. The van der Waals surface area contributed by atoms with Crippen molar-refractivity contribution in [2.45, 2.75) is 19.3 Å². The average molecular weight is 145 g/mol. The van der Waals surface area contributed by atoms with Gasteiger partial charge in [0.2, 0.25) is 0 Å². The van der Waals surface area contributed by atoms with E-state index in [-0.39, 0.29) is 0 Å². The van der Waals surface area contributed by atoms with E-state index in [4.69, 9.17) is 5.26 Å². The molecule has 1 N–H and O–H groups in total. The number of hydrogen-bond acceptors (Lipinski definition) is 3. The number of piperidine rings is 1. The van der Waals surface area contributed by atoms with E-state index >= 15 is 0 Å². The van der Waals surface area contributed by atoms with E-state index in [1.165, 1.54) is 4.90 Å². The normalized spacial score (nSPS) is 18.7. The smallest absolute Gasteiger partial charge is 0.306 e. The largest absolute Gasteiger partial charge is 0.441 e. The minimum Gasteiger partial charge on any atom is -0.306 e. The van der Waals surface area contributed by atoms with Gasteiger partial charge in [0, 0.05) is 13.1 Å². The number of hydrogen-bond donors (Lipinski definition) is 1. The fourth-order valence-electron chi connectivity index (χ4n) is 1.13. The zero-order valence-corrected chi connectivity index (χ0v) is 5.75. The standard InChI is InChI=1S/C6H11NO3/c8-6(10-9)7-4-2-1-3-5-7/h9H,1-5H2. The molecular formula is C6H11NO3. The number of carbonyl (C=O) groups is 1. The molecule has 10 heavy (non-hydrogen) atoms. The predicted octanol–water partition coefficient (Wildman–Crippen LogP) is 1.08. The van der Waals surface area contributed by atoms with E-state index < -0.39 is 6.09 Å². The van der Waals surface area contributed by atoms with Crippen molar-refractivity contribution in [3.05, 3.63) is 0 Å². The first-order chi connectivity index (χ1) is 4.84. The fourth-order valence-corrected chi connectivity index (χ4v) is 1.13. The molecule has 0 bridgehead atoms. The van der Waals surface area contributed by atoms with Gasteiger partial charge >= 0.3 is 6.09 Å². The molecule has 0 spiro atoms. The molecule has 0 radical (unpaired) electrons. The topological polar surface area (TPSA) is 49.8 Å². The van der Waals surface area contributed by atoms with Crippen LogP contribution in [0.1, 0.15) is 19.3 Å². The molecule has 4 nitrogen and oxygen atoms in total. The summed E-state index contributed by atoms with van der Waals surface area (Å²) in [5.41, 5.74) is 0. The third-order valence-corrected chi connectivity index (χ3v) is 1.69. The van der Waals surface area contributed by atoms with Gasteiger partial charge in [0.25, 0.3) is 0 Å². The highest BCUT2D eigenvalue weighted by molar-refractivity contribution is 5.66. The van der Waals surface area contributed by atoms with Gasteiger partial charge < -0.3 is 4.90 Å². The molecule has 0 aromatic carbocycles. The Hall–Kier alpha value is -0.770. The second-order valence-corrected chi connectivity index (χ2v) is 2.40. The highest BCUT2D eigenvalue weighted by Gasteiger charge is 2.16. The first kappa shape index (κ1) is 7.34. The van der Waals surface area contributed by atoms with Crippen LogP contribution in [-0.4, -0.2) is 29.3 Å². The Morgan fingerprint density at radius 2 is 1.90 bits per heavy atom. The summed E-state index contributed by atoms with van der Waals surface area (Å²) in [5.74, 6) is 0. The maximum absolute atomic E-state index is 10.6. The summed E-state index contributed by atoms with van der Waals surface area (Å²) in [4.78, 5) is 15.7. The summed E-state index contributed by atoms with van der Waals surface area (Å²) < 4.78 is 0. The lowest BCUT2D eigenvalue weighted by Crippen LogP contribution is -2.35. The predicted molar refractivity (Wildman–Crippen MR) is 34.5 cm³/mol. The van der Waals surface area contributed by atoms with Crippen molar-refractivity contribution in [3.63, 3.8) is 0 Å². The molecular weight excluding hydrogens is 134 g/mol. The molecule has 58 valence electrons. The Kier molecular flexibility index (Phi) is 2.50. The van der Waals surface area contributed by atoms with Crippen molar-refractivity contribution >= 4 is 6.09 Å². The Morgan fingerprint density at radius 1 is 1.30 bits per heavy atom. The molecule has 1 aliphatic heterocycles. The van der Waals surface area contributed by atoms with E-state index in [0.717, 1.165) is 19.3 Å². The molecule has 0 atom stereocenters. The number of carbonyl (C=O) groups excluding carboxylic acids is 1. The average Bonchev–Trinajstić information content (AvgIpc) is 2.05. The molecule has 1 amide bonds. The SMILES string of the molecule is O=C(OO)N1CCCCC1. The molecule has 0 unspecified atom stereocenters. The van der Waals surface area contributed by atoms with E-state index in [1.54, 1.807) is 0 Å². The molecule has 0 aromatic heterocycles. The van der Waals surface area contributed by atoms with Gasteiger partial charge in [-0.15, -0.1) is 0 Å². The number of nitrogens with zero attached hydrogens (tertiary/aromatic N) is 1. The van der Waals surface area contributed by atoms with Gasteiger partial charge in [-0.3, -0.25) is 4.89 Å². The van der Waals surface area contributed by atoms with Gasteiger partial charge in [-0.1, -0.05) is 0 Å².